The van der Waals surface area contributed by atoms with E-state index in [1.165, 1.54) is 0 Å². The minimum Gasteiger partial charge on any atom is -0.480 e. The van der Waals surface area contributed by atoms with E-state index in [-0.39, 0.29) is 5.92 Å². The number of aliphatic carboxylic acids is 1. The monoisotopic (exact) mass is 179 g/mol. The molecule has 1 aromatic rings. The van der Waals surface area contributed by atoms with E-state index in [1.807, 2.05) is 37.3 Å². The molecule has 2 atom stereocenters. The van der Waals surface area contributed by atoms with Crippen LogP contribution in [-0.4, -0.2) is 17.1 Å². The van der Waals surface area contributed by atoms with E-state index in [9.17, 15) is 4.79 Å². The van der Waals surface area contributed by atoms with Crippen LogP contribution in [0.3, 0.4) is 0 Å². The lowest BCUT2D eigenvalue weighted by Crippen LogP contribution is -2.35. The van der Waals surface area contributed by atoms with Gasteiger partial charge in [-0.3, -0.25) is 4.79 Å². The zero-order valence-electron chi connectivity index (χ0n) is 7.47. The summed E-state index contributed by atoms with van der Waals surface area (Å²) in [6, 6.07) is 8.58. The van der Waals surface area contributed by atoms with Gasteiger partial charge in [-0.1, -0.05) is 37.3 Å². The maximum Gasteiger partial charge on any atom is 0.321 e. The summed E-state index contributed by atoms with van der Waals surface area (Å²) in [7, 11) is 0. The average molecular weight is 179 g/mol. The number of benzene rings is 1. The molecule has 0 amide bonds. The molecule has 1 unspecified atom stereocenters. The van der Waals surface area contributed by atoms with Gasteiger partial charge in [0.15, 0.2) is 0 Å². The highest BCUT2D eigenvalue weighted by atomic mass is 16.4. The van der Waals surface area contributed by atoms with Crippen LogP contribution < -0.4 is 5.73 Å². The lowest BCUT2D eigenvalue weighted by molar-refractivity contribution is -0.139. The SMILES string of the molecule is CC(c1ccccc1)[C@@H](N)C(=O)O. The van der Waals surface area contributed by atoms with Crippen LogP contribution in [0.5, 0.6) is 0 Å². The Morgan fingerprint density at radius 3 is 2.38 bits per heavy atom. The van der Waals surface area contributed by atoms with Crippen LogP contribution in [0.4, 0.5) is 0 Å². The number of hydrogen-bond donors (Lipinski definition) is 2. The molecule has 0 aliphatic heterocycles. The van der Waals surface area contributed by atoms with Crippen molar-refractivity contribution in [2.24, 2.45) is 5.73 Å². The van der Waals surface area contributed by atoms with Crippen molar-refractivity contribution in [3.8, 4) is 0 Å². The largest absolute Gasteiger partial charge is 0.480 e. The summed E-state index contributed by atoms with van der Waals surface area (Å²) in [4.78, 5) is 10.6. The van der Waals surface area contributed by atoms with Gasteiger partial charge in [0.1, 0.15) is 6.04 Å². The van der Waals surface area contributed by atoms with E-state index >= 15 is 0 Å². The summed E-state index contributed by atoms with van der Waals surface area (Å²) in [5.41, 5.74) is 6.45. The highest BCUT2D eigenvalue weighted by molar-refractivity contribution is 5.74. The summed E-state index contributed by atoms with van der Waals surface area (Å²) in [5.74, 6) is -1.12. The van der Waals surface area contributed by atoms with Crippen molar-refractivity contribution in [3.05, 3.63) is 35.9 Å². The van der Waals surface area contributed by atoms with Gasteiger partial charge in [0, 0.05) is 5.92 Å². The Morgan fingerprint density at radius 1 is 1.38 bits per heavy atom. The molecule has 0 saturated carbocycles. The molecule has 3 heteroatoms. The molecule has 0 aromatic heterocycles. The average Bonchev–Trinajstić information content (AvgIpc) is 2.17. The third-order valence-electron chi connectivity index (χ3n) is 2.15. The fourth-order valence-electron chi connectivity index (χ4n) is 1.18. The number of hydrogen-bond acceptors (Lipinski definition) is 2. The zero-order valence-corrected chi connectivity index (χ0v) is 7.47. The standard InChI is InChI=1S/C10H13NO2/c1-7(9(11)10(12)13)8-5-3-2-4-6-8/h2-7,9H,11H2,1H3,(H,12,13)/t7?,9-/m1/s1. The predicted molar refractivity (Wildman–Crippen MR) is 50.5 cm³/mol. The normalized spacial score (nSPS) is 14.9. The Labute approximate surface area is 77.2 Å². The van der Waals surface area contributed by atoms with E-state index in [0.717, 1.165) is 5.56 Å². The third kappa shape index (κ3) is 2.29. The van der Waals surface area contributed by atoms with Gasteiger partial charge in [-0.15, -0.1) is 0 Å². The van der Waals surface area contributed by atoms with Crippen LogP contribution in [0.1, 0.15) is 18.4 Å². The molecule has 13 heavy (non-hydrogen) atoms. The molecule has 0 bridgehead atoms. The summed E-state index contributed by atoms with van der Waals surface area (Å²) in [6.07, 6.45) is 0. The first-order chi connectivity index (χ1) is 6.13. The van der Waals surface area contributed by atoms with Crippen molar-refractivity contribution < 1.29 is 9.90 Å². The summed E-state index contributed by atoms with van der Waals surface area (Å²) in [6.45, 7) is 1.81. The van der Waals surface area contributed by atoms with Gasteiger partial charge in [0.25, 0.3) is 0 Å². The Morgan fingerprint density at radius 2 is 1.92 bits per heavy atom. The van der Waals surface area contributed by atoms with Gasteiger partial charge in [-0.05, 0) is 5.56 Å². The van der Waals surface area contributed by atoms with Gasteiger partial charge >= 0.3 is 5.97 Å². The third-order valence-corrected chi connectivity index (χ3v) is 2.15. The molecule has 3 nitrogen and oxygen atoms in total. The molecule has 0 radical (unpaired) electrons. The van der Waals surface area contributed by atoms with Crippen molar-refractivity contribution in [2.75, 3.05) is 0 Å². The highest BCUT2D eigenvalue weighted by Crippen LogP contribution is 2.17. The Balaban J connectivity index is 2.79. The van der Waals surface area contributed by atoms with Gasteiger partial charge < -0.3 is 10.8 Å². The van der Waals surface area contributed by atoms with E-state index in [1.54, 1.807) is 0 Å². The predicted octanol–water partition coefficient (Wildman–Crippen LogP) is 1.20. The van der Waals surface area contributed by atoms with E-state index in [4.69, 9.17) is 10.8 Å². The van der Waals surface area contributed by atoms with Gasteiger partial charge in [0.05, 0.1) is 0 Å². The highest BCUT2D eigenvalue weighted by Gasteiger charge is 2.20. The first-order valence-corrected chi connectivity index (χ1v) is 4.16. The van der Waals surface area contributed by atoms with Crippen LogP contribution in [-0.2, 0) is 4.79 Å². The molecule has 0 aliphatic carbocycles. The molecule has 0 heterocycles. The van der Waals surface area contributed by atoms with Gasteiger partial charge in [-0.25, -0.2) is 0 Å². The molecule has 0 spiro atoms. The first kappa shape index (κ1) is 9.74. The molecule has 0 fully saturated rings. The van der Waals surface area contributed by atoms with Crippen LogP contribution in [0.2, 0.25) is 0 Å². The second-order valence-electron chi connectivity index (χ2n) is 3.06. The van der Waals surface area contributed by atoms with Crippen LogP contribution >= 0.6 is 0 Å². The Kier molecular flexibility index (Phi) is 3.03. The molecular formula is C10H13NO2. The summed E-state index contributed by atoms with van der Waals surface area (Å²) in [5, 5.41) is 8.69. The van der Waals surface area contributed by atoms with Crippen molar-refractivity contribution in [2.45, 2.75) is 18.9 Å². The van der Waals surface area contributed by atoms with Crippen molar-refractivity contribution in [1.29, 1.82) is 0 Å². The Hall–Kier alpha value is -1.35. The molecule has 1 aromatic carbocycles. The number of carboxylic acids is 1. The van der Waals surface area contributed by atoms with E-state index in [0.29, 0.717) is 0 Å². The minimum atomic E-state index is -0.962. The first-order valence-electron chi connectivity index (χ1n) is 4.16. The second kappa shape index (κ2) is 4.05. The van der Waals surface area contributed by atoms with Crippen molar-refractivity contribution in [1.82, 2.24) is 0 Å². The van der Waals surface area contributed by atoms with Crippen LogP contribution in [0.25, 0.3) is 0 Å². The van der Waals surface area contributed by atoms with Crippen LogP contribution in [0.15, 0.2) is 30.3 Å². The van der Waals surface area contributed by atoms with E-state index < -0.39 is 12.0 Å². The number of carbonyl (C=O) groups is 1. The molecule has 70 valence electrons. The van der Waals surface area contributed by atoms with Gasteiger partial charge in [0.2, 0.25) is 0 Å². The zero-order chi connectivity index (χ0) is 9.84. The number of nitrogens with two attached hydrogens (primary N) is 1. The smallest absolute Gasteiger partial charge is 0.321 e. The van der Waals surface area contributed by atoms with Crippen molar-refractivity contribution in [3.63, 3.8) is 0 Å². The van der Waals surface area contributed by atoms with E-state index in [2.05, 4.69) is 0 Å². The topological polar surface area (TPSA) is 63.3 Å². The number of rotatable bonds is 3. The lowest BCUT2D eigenvalue weighted by Gasteiger charge is -2.15. The maximum absolute atomic E-state index is 10.6. The summed E-state index contributed by atoms with van der Waals surface area (Å²) >= 11 is 0. The quantitative estimate of drug-likeness (QED) is 0.732. The van der Waals surface area contributed by atoms with Crippen molar-refractivity contribution >= 4 is 5.97 Å². The molecule has 0 aliphatic rings. The fourth-order valence-corrected chi connectivity index (χ4v) is 1.18. The number of carboxylic acid groups (broad SMARTS) is 1. The molecule has 0 saturated heterocycles. The lowest BCUT2D eigenvalue weighted by atomic mass is 9.94. The molecule has 1 rings (SSSR count). The second-order valence-corrected chi connectivity index (χ2v) is 3.06. The Bertz CT molecular complexity index is 284. The summed E-state index contributed by atoms with van der Waals surface area (Å²) < 4.78 is 0. The minimum absolute atomic E-state index is 0.154. The van der Waals surface area contributed by atoms with Gasteiger partial charge in [-0.2, -0.15) is 0 Å². The van der Waals surface area contributed by atoms with Crippen LogP contribution in [0, 0.1) is 0 Å². The molecule has 3 N–H and O–H groups in total. The maximum atomic E-state index is 10.6. The molecular weight excluding hydrogens is 166 g/mol. The fraction of sp³-hybridized carbons (Fsp3) is 0.300.